The average molecular weight is 513 g/mol. The minimum atomic E-state index is -0.511. The maximum Gasteiger partial charge on any atom is 0.340 e. The van der Waals surface area contributed by atoms with Gasteiger partial charge >= 0.3 is 5.97 Å². The number of rotatable bonds is 8. The number of benzene rings is 2. The molecule has 1 aliphatic rings. The van der Waals surface area contributed by atoms with Crippen molar-refractivity contribution in [2.24, 2.45) is 0 Å². The molecular weight excluding hydrogens is 487 g/mol. The van der Waals surface area contributed by atoms with Crippen molar-refractivity contribution in [3.8, 4) is 11.3 Å². The van der Waals surface area contributed by atoms with Gasteiger partial charge in [-0.15, -0.1) is 0 Å². The van der Waals surface area contributed by atoms with E-state index >= 15 is 0 Å². The summed E-state index contributed by atoms with van der Waals surface area (Å²) in [4.78, 5) is 27.3. The molecular formula is C27H26ClFN2O5. The monoisotopic (exact) mass is 512 g/mol. The van der Waals surface area contributed by atoms with Gasteiger partial charge in [0, 0.05) is 30.4 Å². The van der Waals surface area contributed by atoms with Crippen LogP contribution in [0.2, 0.25) is 5.02 Å². The van der Waals surface area contributed by atoms with Crippen LogP contribution in [0, 0.1) is 5.82 Å². The summed E-state index contributed by atoms with van der Waals surface area (Å²) in [6.07, 6.45) is 3.55. The van der Waals surface area contributed by atoms with E-state index in [9.17, 15) is 14.0 Å². The van der Waals surface area contributed by atoms with Crippen LogP contribution in [0.3, 0.4) is 0 Å². The van der Waals surface area contributed by atoms with Crippen LogP contribution >= 0.6 is 11.6 Å². The predicted octanol–water partition coefficient (Wildman–Crippen LogP) is 5.79. The summed E-state index contributed by atoms with van der Waals surface area (Å²) in [7, 11) is 0. The Labute approximate surface area is 213 Å². The number of hydrogen-bond donors (Lipinski definition) is 1. The quantitative estimate of drug-likeness (QED) is 0.304. The summed E-state index contributed by atoms with van der Waals surface area (Å²) >= 11 is 5.84. The Hall–Kier alpha value is -3.62. The van der Waals surface area contributed by atoms with E-state index in [0.29, 0.717) is 67.7 Å². The third-order valence-electron chi connectivity index (χ3n) is 5.50. The lowest BCUT2D eigenvalue weighted by Gasteiger charge is -2.30. The van der Waals surface area contributed by atoms with Crippen LogP contribution in [0.5, 0.6) is 0 Å². The fourth-order valence-electron chi connectivity index (χ4n) is 3.72. The van der Waals surface area contributed by atoms with Crippen LogP contribution in [-0.4, -0.2) is 44.8 Å². The molecule has 9 heteroatoms. The minimum absolute atomic E-state index is 0.00189. The molecule has 1 amide bonds. The maximum absolute atomic E-state index is 13.4. The van der Waals surface area contributed by atoms with Crippen molar-refractivity contribution in [2.75, 3.05) is 43.1 Å². The molecule has 0 bridgehead atoms. The number of anilines is 2. The van der Waals surface area contributed by atoms with Gasteiger partial charge in [-0.05, 0) is 61.0 Å². The number of hydrogen-bond acceptors (Lipinski definition) is 6. The van der Waals surface area contributed by atoms with Gasteiger partial charge in [-0.2, -0.15) is 0 Å². The number of carbonyl (C=O) groups excluding carboxylic acids is 2. The number of carbonyl (C=O) groups is 2. The van der Waals surface area contributed by atoms with Crippen LogP contribution in [0.4, 0.5) is 15.8 Å². The molecule has 1 saturated heterocycles. The number of amides is 1. The molecule has 1 aliphatic heterocycles. The zero-order valence-corrected chi connectivity index (χ0v) is 20.5. The first-order valence-corrected chi connectivity index (χ1v) is 12.0. The van der Waals surface area contributed by atoms with E-state index in [4.69, 9.17) is 25.5 Å². The third kappa shape index (κ3) is 6.33. The molecule has 0 saturated carbocycles. The van der Waals surface area contributed by atoms with E-state index < -0.39 is 17.7 Å². The molecule has 0 spiro atoms. The highest BCUT2D eigenvalue weighted by molar-refractivity contribution is 6.31. The van der Waals surface area contributed by atoms with Crippen LogP contribution < -0.4 is 10.2 Å². The van der Waals surface area contributed by atoms with Crippen molar-refractivity contribution in [1.82, 2.24) is 0 Å². The fraction of sp³-hybridized carbons (Fsp3) is 0.259. The summed E-state index contributed by atoms with van der Waals surface area (Å²) in [6, 6.07) is 12.9. The van der Waals surface area contributed by atoms with E-state index in [2.05, 4.69) is 10.2 Å². The van der Waals surface area contributed by atoms with Gasteiger partial charge in [-0.3, -0.25) is 4.79 Å². The highest BCUT2D eigenvalue weighted by Crippen LogP contribution is 2.28. The normalized spacial score (nSPS) is 13.7. The number of ether oxygens (including phenoxy) is 2. The lowest BCUT2D eigenvalue weighted by molar-refractivity contribution is -0.111. The predicted molar refractivity (Wildman–Crippen MR) is 137 cm³/mol. The fourth-order valence-corrected chi connectivity index (χ4v) is 3.90. The molecule has 36 heavy (non-hydrogen) atoms. The second kappa shape index (κ2) is 11.9. The molecule has 188 valence electrons. The summed E-state index contributed by atoms with van der Waals surface area (Å²) in [5.41, 5.74) is 2.22. The summed E-state index contributed by atoms with van der Waals surface area (Å²) in [5.74, 6) is -0.416. The molecule has 4 rings (SSSR count). The third-order valence-corrected chi connectivity index (χ3v) is 5.79. The van der Waals surface area contributed by atoms with Gasteiger partial charge in [0.15, 0.2) is 0 Å². The largest absolute Gasteiger partial charge is 0.462 e. The molecule has 1 N–H and O–H groups in total. The Bertz CT molecular complexity index is 1270. The topological polar surface area (TPSA) is 81.0 Å². The molecule has 0 unspecified atom stereocenters. The molecule has 0 radical (unpaired) electrons. The van der Waals surface area contributed by atoms with Gasteiger partial charge in [-0.25, -0.2) is 9.18 Å². The molecule has 2 heterocycles. The van der Waals surface area contributed by atoms with Crippen LogP contribution in [0.1, 0.15) is 29.5 Å². The first-order valence-electron chi connectivity index (χ1n) is 11.6. The molecule has 1 fully saturated rings. The van der Waals surface area contributed by atoms with Gasteiger partial charge in [0.05, 0.1) is 36.1 Å². The number of esters is 1. The van der Waals surface area contributed by atoms with Gasteiger partial charge in [0.25, 0.3) is 0 Å². The Balaban J connectivity index is 1.46. The standard InChI is InChI=1S/C27H26ClFN2O5/c1-2-13-35-27(33)21-17-19(4-8-24(21)31-11-14-34-15-12-31)30-26(32)10-6-20-5-9-25(36-20)18-3-7-23(29)22(28)16-18/h3-10,16-17H,2,11-15H2,1H3,(H,30,32)/b10-6+. The number of morpholine rings is 1. The lowest BCUT2D eigenvalue weighted by Crippen LogP contribution is -2.37. The van der Waals surface area contributed by atoms with Crippen LogP contribution in [-0.2, 0) is 14.3 Å². The first kappa shape index (κ1) is 25.5. The number of nitrogens with zero attached hydrogens (tertiary/aromatic N) is 1. The van der Waals surface area contributed by atoms with E-state index in [1.807, 2.05) is 6.92 Å². The van der Waals surface area contributed by atoms with Crippen molar-refractivity contribution in [3.05, 3.63) is 76.8 Å². The molecule has 0 atom stereocenters. The highest BCUT2D eigenvalue weighted by atomic mass is 35.5. The number of halogens is 2. The van der Waals surface area contributed by atoms with E-state index in [0.717, 1.165) is 5.69 Å². The van der Waals surface area contributed by atoms with E-state index in [-0.39, 0.29) is 5.02 Å². The number of furan rings is 1. The second-order valence-corrected chi connectivity index (χ2v) is 8.53. The minimum Gasteiger partial charge on any atom is -0.462 e. The molecule has 1 aromatic heterocycles. The summed E-state index contributed by atoms with van der Waals surface area (Å²) < 4.78 is 29.9. The van der Waals surface area contributed by atoms with Gasteiger partial charge < -0.3 is 24.1 Å². The molecule has 7 nitrogen and oxygen atoms in total. The van der Waals surface area contributed by atoms with Crippen molar-refractivity contribution in [2.45, 2.75) is 13.3 Å². The lowest BCUT2D eigenvalue weighted by atomic mass is 10.1. The zero-order chi connectivity index (χ0) is 25.5. The highest BCUT2D eigenvalue weighted by Gasteiger charge is 2.20. The SMILES string of the molecule is CCCOC(=O)c1cc(NC(=O)/C=C/c2ccc(-c3ccc(F)c(Cl)c3)o2)ccc1N1CCOCC1. The summed E-state index contributed by atoms with van der Waals surface area (Å²) in [6.45, 7) is 4.73. The van der Waals surface area contributed by atoms with Gasteiger partial charge in [-0.1, -0.05) is 18.5 Å². The van der Waals surface area contributed by atoms with Gasteiger partial charge in [0.2, 0.25) is 5.91 Å². The van der Waals surface area contributed by atoms with Crippen LogP contribution in [0.15, 0.2) is 59.0 Å². The second-order valence-electron chi connectivity index (χ2n) is 8.12. The Morgan fingerprint density at radius 1 is 1.14 bits per heavy atom. The molecule has 3 aromatic rings. The number of nitrogens with one attached hydrogen (secondary N) is 1. The van der Waals surface area contributed by atoms with Crippen LogP contribution in [0.25, 0.3) is 17.4 Å². The maximum atomic E-state index is 13.4. The van der Waals surface area contributed by atoms with Crippen molar-refractivity contribution < 1.29 is 27.9 Å². The smallest absolute Gasteiger partial charge is 0.340 e. The Morgan fingerprint density at radius 2 is 1.94 bits per heavy atom. The van der Waals surface area contributed by atoms with Crippen molar-refractivity contribution in [1.29, 1.82) is 0 Å². The molecule has 2 aromatic carbocycles. The van der Waals surface area contributed by atoms with Crippen molar-refractivity contribution >= 4 is 40.9 Å². The van der Waals surface area contributed by atoms with Crippen molar-refractivity contribution in [3.63, 3.8) is 0 Å². The summed E-state index contributed by atoms with van der Waals surface area (Å²) in [5, 5.41) is 2.77. The molecule has 0 aliphatic carbocycles. The first-order chi connectivity index (χ1) is 17.4. The Morgan fingerprint density at radius 3 is 2.69 bits per heavy atom. The average Bonchev–Trinajstić information content (AvgIpc) is 3.37. The Kier molecular flexibility index (Phi) is 8.40. The van der Waals surface area contributed by atoms with E-state index in [1.165, 1.54) is 24.3 Å². The zero-order valence-electron chi connectivity index (χ0n) is 19.8. The van der Waals surface area contributed by atoms with Gasteiger partial charge in [0.1, 0.15) is 17.3 Å². The van der Waals surface area contributed by atoms with E-state index in [1.54, 1.807) is 36.4 Å².